The molecule has 1 atom stereocenters. The minimum absolute atomic E-state index is 0.0818. The zero-order valence-electron chi connectivity index (χ0n) is 15.6. The van der Waals surface area contributed by atoms with Crippen molar-refractivity contribution in [1.82, 2.24) is 5.32 Å². The van der Waals surface area contributed by atoms with Crippen LogP contribution < -0.4 is 15.8 Å². The molecule has 0 bridgehead atoms. The lowest BCUT2D eigenvalue weighted by Gasteiger charge is -2.12. The van der Waals surface area contributed by atoms with Crippen LogP contribution in [0.3, 0.4) is 0 Å². The molecule has 0 aromatic heterocycles. The van der Waals surface area contributed by atoms with Crippen molar-refractivity contribution in [3.8, 4) is 11.5 Å². The Morgan fingerprint density at radius 3 is 2.47 bits per heavy atom. The maximum atomic E-state index is 14.4. The van der Waals surface area contributed by atoms with Gasteiger partial charge >= 0.3 is 5.97 Å². The smallest absolute Gasteiger partial charge is 0.322 e. The van der Waals surface area contributed by atoms with Crippen molar-refractivity contribution < 1.29 is 32.6 Å². The van der Waals surface area contributed by atoms with E-state index in [1.165, 1.54) is 30.3 Å². The Hall–Kier alpha value is -3.24. The summed E-state index contributed by atoms with van der Waals surface area (Å²) in [4.78, 5) is 34.3. The maximum Gasteiger partial charge on any atom is 0.322 e. The first-order chi connectivity index (χ1) is 14.3. The Morgan fingerprint density at radius 2 is 1.87 bits per heavy atom. The molecule has 1 fully saturated rings. The van der Waals surface area contributed by atoms with Crippen LogP contribution in [0.5, 0.6) is 11.5 Å². The molecule has 0 spiro atoms. The van der Waals surface area contributed by atoms with Gasteiger partial charge in [0.15, 0.2) is 11.6 Å². The van der Waals surface area contributed by atoms with Gasteiger partial charge in [-0.3, -0.25) is 19.7 Å². The van der Waals surface area contributed by atoms with Gasteiger partial charge in [-0.05, 0) is 47.2 Å². The van der Waals surface area contributed by atoms with Gasteiger partial charge in [-0.1, -0.05) is 18.2 Å². The molecule has 156 valence electrons. The Morgan fingerprint density at radius 1 is 1.17 bits per heavy atom. The van der Waals surface area contributed by atoms with E-state index >= 15 is 0 Å². The van der Waals surface area contributed by atoms with Gasteiger partial charge in [-0.25, -0.2) is 4.39 Å². The summed E-state index contributed by atoms with van der Waals surface area (Å²) in [6.07, 6.45) is 1.29. The van der Waals surface area contributed by atoms with Gasteiger partial charge in [0, 0.05) is 6.42 Å². The SMILES string of the molecule is COC(=O)C(N)Cc1ccc(Oc2ccc(C=C3SC(=O)NC3=O)cc2)c(F)c1F. The van der Waals surface area contributed by atoms with Crippen LogP contribution in [0.15, 0.2) is 41.3 Å². The van der Waals surface area contributed by atoms with Gasteiger partial charge in [-0.15, -0.1) is 0 Å². The first-order valence-corrected chi connectivity index (χ1v) is 9.43. The van der Waals surface area contributed by atoms with E-state index in [0.717, 1.165) is 18.9 Å². The molecule has 2 aromatic rings. The molecule has 0 radical (unpaired) electrons. The summed E-state index contributed by atoms with van der Waals surface area (Å²) in [5, 5.41) is 1.71. The first kappa shape index (κ1) is 21.5. The molecule has 10 heteroatoms. The normalized spacial score (nSPS) is 15.8. The lowest BCUT2D eigenvalue weighted by Crippen LogP contribution is -2.34. The van der Waals surface area contributed by atoms with Gasteiger partial charge in [0.1, 0.15) is 11.8 Å². The molecule has 0 aliphatic carbocycles. The maximum absolute atomic E-state index is 14.4. The number of nitrogens with two attached hydrogens (primary N) is 1. The molecule has 2 aromatic carbocycles. The van der Waals surface area contributed by atoms with E-state index in [9.17, 15) is 23.2 Å². The largest absolute Gasteiger partial charge is 0.468 e. The quantitative estimate of drug-likeness (QED) is 0.531. The van der Waals surface area contributed by atoms with Crippen molar-refractivity contribution >= 4 is 35.0 Å². The number of carbonyl (C=O) groups is 3. The van der Waals surface area contributed by atoms with E-state index in [4.69, 9.17) is 10.5 Å². The van der Waals surface area contributed by atoms with Crippen LogP contribution >= 0.6 is 11.8 Å². The van der Waals surface area contributed by atoms with Crippen LogP contribution in [0.25, 0.3) is 6.08 Å². The number of imide groups is 1. The third kappa shape index (κ3) is 4.84. The Balaban J connectivity index is 1.73. The number of methoxy groups -OCH3 is 1. The van der Waals surface area contributed by atoms with Gasteiger partial charge < -0.3 is 15.2 Å². The van der Waals surface area contributed by atoms with E-state index < -0.39 is 34.8 Å². The average molecular weight is 434 g/mol. The van der Waals surface area contributed by atoms with Crippen LogP contribution in [0, 0.1) is 11.6 Å². The van der Waals surface area contributed by atoms with Crippen LogP contribution in [0.2, 0.25) is 0 Å². The Labute approximate surface area is 174 Å². The molecule has 0 saturated carbocycles. The molecule has 3 rings (SSSR count). The molecule has 3 N–H and O–H groups in total. The summed E-state index contributed by atoms with van der Waals surface area (Å²) in [6, 6.07) is 7.59. The zero-order valence-corrected chi connectivity index (χ0v) is 16.4. The second-order valence-corrected chi connectivity index (χ2v) is 7.22. The standard InChI is InChI=1S/C20H16F2N2O5S/c1-28-19(26)13(23)9-11-4-7-14(17(22)16(11)21)29-12-5-2-10(3-6-12)8-15-18(25)24-20(27)30-15/h2-8,13H,9,23H2,1H3,(H,24,25,27). The topological polar surface area (TPSA) is 108 Å². The summed E-state index contributed by atoms with van der Waals surface area (Å²) < 4.78 is 38.5. The number of amides is 2. The van der Waals surface area contributed by atoms with Gasteiger partial charge in [0.2, 0.25) is 5.82 Å². The number of esters is 1. The Kier molecular flexibility index (Phi) is 6.48. The van der Waals surface area contributed by atoms with Crippen molar-refractivity contribution in [3.63, 3.8) is 0 Å². The van der Waals surface area contributed by atoms with Crippen LogP contribution in [0.4, 0.5) is 13.6 Å². The monoisotopic (exact) mass is 434 g/mol. The van der Waals surface area contributed by atoms with Crippen molar-refractivity contribution in [1.29, 1.82) is 0 Å². The minimum Gasteiger partial charge on any atom is -0.468 e. The predicted octanol–water partition coefficient (Wildman–Crippen LogP) is 3.12. The van der Waals surface area contributed by atoms with E-state index in [1.807, 2.05) is 0 Å². The molecule has 1 heterocycles. The summed E-state index contributed by atoms with van der Waals surface area (Å²) in [7, 11) is 1.15. The number of nitrogens with one attached hydrogen (secondary N) is 1. The summed E-state index contributed by atoms with van der Waals surface area (Å²) >= 11 is 0.789. The third-order valence-corrected chi connectivity index (χ3v) is 4.93. The van der Waals surface area contributed by atoms with Crippen LogP contribution in [-0.2, 0) is 20.7 Å². The van der Waals surface area contributed by atoms with E-state index in [-0.39, 0.29) is 28.4 Å². The number of hydrogen-bond donors (Lipinski definition) is 2. The molecule has 30 heavy (non-hydrogen) atoms. The summed E-state index contributed by atoms with van der Waals surface area (Å²) in [6.45, 7) is 0. The van der Waals surface area contributed by atoms with Crippen LogP contribution in [-0.4, -0.2) is 30.3 Å². The third-order valence-electron chi connectivity index (χ3n) is 4.12. The highest BCUT2D eigenvalue weighted by molar-refractivity contribution is 8.18. The average Bonchev–Trinajstić information content (AvgIpc) is 3.04. The van der Waals surface area contributed by atoms with E-state index in [0.29, 0.717) is 5.56 Å². The highest BCUT2D eigenvalue weighted by atomic mass is 32.2. The molecule has 2 amide bonds. The highest BCUT2D eigenvalue weighted by Crippen LogP contribution is 2.30. The molecule has 7 nitrogen and oxygen atoms in total. The summed E-state index contributed by atoms with van der Waals surface area (Å²) in [5.74, 6) is -3.70. The number of hydrogen-bond acceptors (Lipinski definition) is 7. The lowest BCUT2D eigenvalue weighted by molar-refractivity contribution is -0.142. The fourth-order valence-electron chi connectivity index (χ4n) is 2.61. The summed E-state index contributed by atoms with van der Waals surface area (Å²) in [5.41, 5.74) is 6.12. The Bertz CT molecular complexity index is 1040. The van der Waals surface area contributed by atoms with Crippen LogP contribution in [0.1, 0.15) is 11.1 Å². The number of halogens is 2. The molecule has 1 unspecified atom stereocenters. The number of benzene rings is 2. The molecular formula is C20H16F2N2O5S. The number of carbonyl (C=O) groups excluding carboxylic acids is 3. The predicted molar refractivity (Wildman–Crippen MR) is 106 cm³/mol. The number of thioether (sulfide) groups is 1. The van der Waals surface area contributed by atoms with Crippen molar-refractivity contribution in [2.75, 3.05) is 7.11 Å². The fourth-order valence-corrected chi connectivity index (χ4v) is 3.29. The van der Waals surface area contributed by atoms with Crippen molar-refractivity contribution in [3.05, 3.63) is 64.1 Å². The highest BCUT2D eigenvalue weighted by Gasteiger charge is 2.25. The first-order valence-electron chi connectivity index (χ1n) is 8.61. The van der Waals surface area contributed by atoms with Gasteiger partial charge in [0.25, 0.3) is 11.1 Å². The lowest BCUT2D eigenvalue weighted by atomic mass is 10.1. The van der Waals surface area contributed by atoms with Crippen molar-refractivity contribution in [2.45, 2.75) is 12.5 Å². The van der Waals surface area contributed by atoms with Crippen molar-refractivity contribution in [2.24, 2.45) is 5.73 Å². The second kappa shape index (κ2) is 9.06. The van der Waals surface area contributed by atoms with Gasteiger partial charge in [0.05, 0.1) is 12.0 Å². The molecule has 1 saturated heterocycles. The number of ether oxygens (including phenoxy) is 2. The molecule has 1 aliphatic heterocycles. The zero-order chi connectivity index (χ0) is 21.8. The van der Waals surface area contributed by atoms with Gasteiger partial charge in [-0.2, -0.15) is 4.39 Å². The van der Waals surface area contributed by atoms with E-state index in [2.05, 4.69) is 10.1 Å². The number of rotatable bonds is 6. The molecule has 1 aliphatic rings. The molecular weight excluding hydrogens is 418 g/mol. The second-order valence-electron chi connectivity index (χ2n) is 6.21. The van der Waals surface area contributed by atoms with E-state index in [1.54, 1.807) is 12.1 Å². The fraction of sp³-hybridized carbons (Fsp3) is 0.150. The minimum atomic E-state index is -1.21.